The lowest BCUT2D eigenvalue weighted by Crippen LogP contribution is -2.23. The van der Waals surface area contributed by atoms with E-state index in [1.54, 1.807) is 13.3 Å². The van der Waals surface area contributed by atoms with Crippen LogP contribution in [-0.2, 0) is 4.74 Å². The monoisotopic (exact) mass is 243 g/mol. The van der Waals surface area contributed by atoms with Gasteiger partial charge in [-0.25, -0.2) is 0 Å². The van der Waals surface area contributed by atoms with Crippen LogP contribution in [0.2, 0.25) is 0 Å². The van der Waals surface area contributed by atoms with E-state index in [-0.39, 0.29) is 6.23 Å². The van der Waals surface area contributed by atoms with E-state index >= 15 is 0 Å². The van der Waals surface area contributed by atoms with E-state index in [0.717, 1.165) is 11.3 Å². The molecule has 1 aliphatic heterocycles. The van der Waals surface area contributed by atoms with E-state index in [1.807, 2.05) is 0 Å². The zero-order valence-corrected chi connectivity index (χ0v) is 10.5. The van der Waals surface area contributed by atoms with Crippen molar-refractivity contribution < 1.29 is 4.74 Å². The Morgan fingerprint density at radius 1 is 1.44 bits per heavy atom. The number of hydrogen-bond donors (Lipinski definition) is 1. The summed E-state index contributed by atoms with van der Waals surface area (Å²) in [6.07, 6.45) is 8.73. The van der Waals surface area contributed by atoms with Crippen LogP contribution in [0.1, 0.15) is 49.2 Å². The van der Waals surface area contributed by atoms with Crippen molar-refractivity contribution in [3.8, 4) is 6.07 Å². The van der Waals surface area contributed by atoms with Crippen molar-refractivity contribution in [2.75, 3.05) is 7.11 Å². The van der Waals surface area contributed by atoms with Gasteiger partial charge in [0.1, 0.15) is 6.07 Å². The maximum absolute atomic E-state index is 9.27. The first-order valence-corrected chi connectivity index (χ1v) is 6.45. The predicted octanol–water partition coefficient (Wildman–Crippen LogP) is 2.72. The number of fused-ring (bicyclic) bond motifs is 1. The molecule has 1 aliphatic carbocycles. The van der Waals surface area contributed by atoms with Crippen LogP contribution >= 0.6 is 0 Å². The molecule has 18 heavy (non-hydrogen) atoms. The molecule has 0 radical (unpaired) electrons. The van der Waals surface area contributed by atoms with E-state index < -0.39 is 0 Å². The molecular formula is C14H17N3O. The molecule has 1 unspecified atom stereocenters. The average molecular weight is 243 g/mol. The van der Waals surface area contributed by atoms with Crippen molar-refractivity contribution >= 4 is 5.57 Å². The first kappa shape index (κ1) is 11.4. The fourth-order valence-electron chi connectivity index (χ4n) is 3.05. The molecule has 0 aromatic carbocycles. The van der Waals surface area contributed by atoms with Gasteiger partial charge in [0.25, 0.3) is 0 Å². The second-order valence-corrected chi connectivity index (χ2v) is 4.92. The second-order valence-electron chi connectivity index (χ2n) is 4.92. The van der Waals surface area contributed by atoms with Crippen LogP contribution in [0.15, 0.2) is 18.5 Å². The third-order valence-corrected chi connectivity index (χ3v) is 3.94. The molecule has 4 heteroatoms. The molecule has 0 amide bonds. The Bertz CT molecular complexity index is 518. The summed E-state index contributed by atoms with van der Waals surface area (Å²) in [6.45, 7) is 0. The highest BCUT2D eigenvalue weighted by molar-refractivity contribution is 5.78. The predicted molar refractivity (Wildman–Crippen MR) is 68.4 cm³/mol. The Balaban J connectivity index is 2.06. The minimum absolute atomic E-state index is 0.139. The minimum atomic E-state index is -0.139. The van der Waals surface area contributed by atoms with Gasteiger partial charge in [0, 0.05) is 31.1 Å². The number of rotatable bonds is 2. The van der Waals surface area contributed by atoms with Gasteiger partial charge in [-0.2, -0.15) is 5.26 Å². The molecule has 1 aromatic rings. The highest BCUT2D eigenvalue weighted by Gasteiger charge is 2.28. The maximum atomic E-state index is 9.27. The Morgan fingerprint density at radius 2 is 2.22 bits per heavy atom. The van der Waals surface area contributed by atoms with Crippen molar-refractivity contribution in [1.29, 1.82) is 5.26 Å². The van der Waals surface area contributed by atoms with E-state index in [1.165, 1.54) is 25.7 Å². The summed E-state index contributed by atoms with van der Waals surface area (Å²) in [5, 5.41) is 12.4. The zero-order valence-electron chi connectivity index (χ0n) is 10.5. The van der Waals surface area contributed by atoms with Gasteiger partial charge in [0.15, 0.2) is 6.23 Å². The highest BCUT2D eigenvalue weighted by Crippen LogP contribution is 2.37. The lowest BCUT2D eigenvalue weighted by molar-refractivity contribution is 0.0845. The van der Waals surface area contributed by atoms with Crippen molar-refractivity contribution in [3.63, 3.8) is 0 Å². The normalized spacial score (nSPS) is 23.1. The third kappa shape index (κ3) is 1.63. The number of nitrogens with one attached hydrogen (secondary N) is 1. The first-order valence-electron chi connectivity index (χ1n) is 6.45. The number of ether oxygens (including phenoxy) is 1. The summed E-state index contributed by atoms with van der Waals surface area (Å²) >= 11 is 0. The number of allylic oxidation sites excluding steroid dienone is 1. The number of methoxy groups -OCH3 is 1. The molecule has 1 fully saturated rings. The number of nitriles is 1. The summed E-state index contributed by atoms with van der Waals surface area (Å²) in [7, 11) is 1.68. The van der Waals surface area contributed by atoms with Gasteiger partial charge in [-0.3, -0.25) is 0 Å². The smallest absolute Gasteiger partial charge is 0.155 e. The summed E-state index contributed by atoms with van der Waals surface area (Å²) in [5.74, 6) is 0. The molecule has 1 aromatic heterocycles. The number of hydrogen-bond acceptors (Lipinski definition) is 3. The van der Waals surface area contributed by atoms with E-state index in [4.69, 9.17) is 4.74 Å². The molecule has 0 spiro atoms. The first-order chi connectivity index (χ1) is 8.85. The SMILES string of the molecule is COC1NC=C(C#N)c2c1ccn2C1CCCC1. The van der Waals surface area contributed by atoms with E-state index in [9.17, 15) is 5.26 Å². The topological polar surface area (TPSA) is 50.0 Å². The molecule has 4 nitrogen and oxygen atoms in total. The van der Waals surface area contributed by atoms with Crippen LogP contribution in [0.4, 0.5) is 0 Å². The van der Waals surface area contributed by atoms with Gasteiger partial charge in [0.2, 0.25) is 0 Å². The lowest BCUT2D eigenvalue weighted by atomic mass is 10.1. The molecular weight excluding hydrogens is 226 g/mol. The Hall–Kier alpha value is -1.73. The average Bonchev–Trinajstić information content (AvgIpc) is 3.05. The van der Waals surface area contributed by atoms with Crippen LogP contribution in [0.3, 0.4) is 0 Å². The lowest BCUT2D eigenvalue weighted by Gasteiger charge is -2.24. The van der Waals surface area contributed by atoms with Crippen molar-refractivity contribution in [2.24, 2.45) is 0 Å². The maximum Gasteiger partial charge on any atom is 0.155 e. The summed E-state index contributed by atoms with van der Waals surface area (Å²) < 4.78 is 7.68. The molecule has 0 bridgehead atoms. The van der Waals surface area contributed by atoms with E-state index in [2.05, 4.69) is 28.2 Å². The van der Waals surface area contributed by atoms with Gasteiger partial charge in [-0.1, -0.05) is 12.8 Å². The Morgan fingerprint density at radius 3 is 2.89 bits per heavy atom. The molecule has 94 valence electrons. The summed E-state index contributed by atoms with van der Waals surface area (Å²) in [4.78, 5) is 0. The molecule has 3 rings (SSSR count). The van der Waals surface area contributed by atoms with Crippen molar-refractivity contribution in [2.45, 2.75) is 38.0 Å². The number of aromatic nitrogens is 1. The van der Waals surface area contributed by atoms with Crippen LogP contribution in [0.25, 0.3) is 5.57 Å². The molecule has 1 saturated carbocycles. The fourth-order valence-corrected chi connectivity index (χ4v) is 3.05. The Labute approximate surface area is 107 Å². The van der Waals surface area contributed by atoms with Crippen LogP contribution in [0, 0.1) is 11.3 Å². The van der Waals surface area contributed by atoms with Crippen LogP contribution < -0.4 is 5.32 Å². The largest absolute Gasteiger partial charge is 0.361 e. The fraction of sp³-hybridized carbons (Fsp3) is 0.500. The van der Waals surface area contributed by atoms with Gasteiger partial charge in [-0.05, 0) is 18.9 Å². The summed E-state index contributed by atoms with van der Waals surface area (Å²) in [6, 6.07) is 4.89. The van der Waals surface area contributed by atoms with Crippen LogP contribution in [0.5, 0.6) is 0 Å². The summed E-state index contributed by atoms with van der Waals surface area (Å²) in [5.41, 5.74) is 2.81. The molecule has 1 N–H and O–H groups in total. The van der Waals surface area contributed by atoms with Crippen molar-refractivity contribution in [3.05, 3.63) is 29.7 Å². The van der Waals surface area contributed by atoms with Gasteiger partial charge >= 0.3 is 0 Å². The highest BCUT2D eigenvalue weighted by atomic mass is 16.5. The molecule has 1 atom stereocenters. The van der Waals surface area contributed by atoms with Gasteiger partial charge in [0.05, 0.1) is 11.3 Å². The van der Waals surface area contributed by atoms with Gasteiger partial charge < -0.3 is 14.6 Å². The molecule has 2 heterocycles. The van der Waals surface area contributed by atoms with Crippen molar-refractivity contribution in [1.82, 2.24) is 9.88 Å². The third-order valence-electron chi connectivity index (χ3n) is 3.94. The zero-order chi connectivity index (χ0) is 12.5. The quantitative estimate of drug-likeness (QED) is 0.868. The minimum Gasteiger partial charge on any atom is -0.361 e. The standard InChI is InChI=1S/C14H17N3O/c1-18-14-12-6-7-17(11-4-2-3-5-11)13(12)10(8-15)9-16-14/h6-7,9,11,14,16H,2-5H2,1H3. The molecule has 2 aliphatic rings. The molecule has 0 saturated heterocycles. The Kier molecular flexibility index (Phi) is 2.85. The van der Waals surface area contributed by atoms with Crippen LogP contribution in [-0.4, -0.2) is 11.7 Å². The van der Waals surface area contributed by atoms with Gasteiger partial charge in [-0.15, -0.1) is 0 Å². The second kappa shape index (κ2) is 4.51. The number of nitrogens with zero attached hydrogens (tertiary/aromatic N) is 2. The van der Waals surface area contributed by atoms with E-state index in [0.29, 0.717) is 11.6 Å².